The number of aliphatic carboxylic acids is 1. The number of rotatable bonds is 17. The van der Waals surface area contributed by atoms with Gasteiger partial charge in [-0.25, -0.2) is 9.59 Å². The highest BCUT2D eigenvalue weighted by Crippen LogP contribution is 2.26. The van der Waals surface area contributed by atoms with Crippen LogP contribution in [0.3, 0.4) is 0 Å². The molecule has 2 bridgehead atoms. The fourth-order valence-electron chi connectivity index (χ4n) is 8.27. The Morgan fingerprint density at radius 3 is 2.19 bits per heavy atom. The molecule has 2 aromatic carbocycles. The van der Waals surface area contributed by atoms with E-state index in [4.69, 9.17) is 15.9 Å². The number of nitrogens with zero attached hydrogens (tertiary/aromatic N) is 2. The molecule has 0 aromatic heterocycles. The lowest BCUT2D eigenvalue weighted by Gasteiger charge is -2.42. The van der Waals surface area contributed by atoms with Crippen molar-refractivity contribution in [3.8, 4) is 5.75 Å². The highest BCUT2D eigenvalue weighted by atomic mass is 16.5. The molecule has 0 radical (unpaired) electrons. The number of hydrogen-bond acceptors (Lipinski definition) is 13. The van der Waals surface area contributed by atoms with Crippen molar-refractivity contribution in [2.24, 2.45) is 11.7 Å². The number of amides is 7. The van der Waals surface area contributed by atoms with Crippen LogP contribution in [-0.2, 0) is 56.1 Å². The zero-order valence-corrected chi connectivity index (χ0v) is 40.1. The number of aromatic hydroxyl groups is 1. The number of carbonyl (C=O) groups is 9. The van der Waals surface area contributed by atoms with Crippen LogP contribution in [0.15, 0.2) is 54.6 Å². The van der Waals surface area contributed by atoms with Crippen LogP contribution in [0, 0.1) is 11.3 Å². The van der Waals surface area contributed by atoms with Gasteiger partial charge in [-0.2, -0.15) is 0 Å². The number of carbonyl (C=O) groups excluding carboxylic acids is 8. The lowest BCUT2D eigenvalue weighted by atomic mass is 9.85. The summed E-state index contributed by atoms with van der Waals surface area (Å²) in [6.45, 7) is 5.86. The number of esters is 1. The van der Waals surface area contributed by atoms with Gasteiger partial charge in [0.25, 0.3) is 0 Å². The summed E-state index contributed by atoms with van der Waals surface area (Å²) in [7, 11) is 1.32. The molecule has 2 aliphatic rings. The summed E-state index contributed by atoms with van der Waals surface area (Å²) in [5, 5.41) is 51.6. The number of hydrogen-bond donors (Lipinski definition) is 10. The lowest BCUT2D eigenvalue weighted by molar-refractivity contribution is -0.157. The summed E-state index contributed by atoms with van der Waals surface area (Å²) < 4.78 is 5.81. The third kappa shape index (κ3) is 15.7. The third-order valence-electron chi connectivity index (χ3n) is 12.2. The Kier molecular flexibility index (Phi) is 20.6. The van der Waals surface area contributed by atoms with Crippen LogP contribution in [0.2, 0.25) is 0 Å². The van der Waals surface area contributed by atoms with Gasteiger partial charge in [0.15, 0.2) is 5.78 Å². The van der Waals surface area contributed by atoms with Crippen LogP contribution in [0.25, 0.3) is 0 Å². The van der Waals surface area contributed by atoms with E-state index < -0.39 is 120 Å². The quantitative estimate of drug-likeness (QED) is 0.0453. The van der Waals surface area contributed by atoms with Crippen molar-refractivity contribution >= 4 is 59.1 Å². The molecule has 9 unspecified atom stereocenters. The number of amidine groups is 1. The van der Waals surface area contributed by atoms with E-state index in [0.29, 0.717) is 24.0 Å². The summed E-state index contributed by atoms with van der Waals surface area (Å²) in [6, 6.07) is 2.68. The maximum atomic E-state index is 15.0. The predicted molar refractivity (Wildman–Crippen MR) is 252 cm³/mol. The zero-order chi connectivity index (χ0) is 51.8. The van der Waals surface area contributed by atoms with Crippen LogP contribution in [-0.4, -0.2) is 146 Å². The number of carboxylic acids is 1. The van der Waals surface area contributed by atoms with Crippen molar-refractivity contribution in [2.45, 2.75) is 153 Å². The molecule has 1 saturated heterocycles. The first-order valence-corrected chi connectivity index (χ1v) is 23.4. The molecule has 11 N–H and O–H groups in total. The van der Waals surface area contributed by atoms with E-state index in [2.05, 4.69) is 26.6 Å². The van der Waals surface area contributed by atoms with Gasteiger partial charge in [-0.1, -0.05) is 69.7 Å². The van der Waals surface area contributed by atoms with E-state index in [-0.39, 0.29) is 63.1 Å². The first-order chi connectivity index (χ1) is 33.1. The second-order valence-corrected chi connectivity index (χ2v) is 18.1. The normalized spacial score (nSPS) is 24.4. The van der Waals surface area contributed by atoms with Crippen molar-refractivity contribution in [3.63, 3.8) is 0 Å². The van der Waals surface area contributed by atoms with Crippen LogP contribution < -0.4 is 32.3 Å². The molecule has 70 heavy (non-hydrogen) atoms. The standard InChI is InChI=1S/C48H67N9O13/c1-6-12-37(60)51-33(24-38(61)62)44(65)55-40-27(4)70-47(68)39(26(2)3)54-45(66)34(23-28-17-19-30(58)20-18-28)56(5)48(69)57(25-29-13-8-7-9-14-29)41-35(59)22-21-31(42(41)63)52-43(64)32(53-46(40)67)15-10-11-16-36(49)50/h7-9,13-14,17-20,26-27,31-35,39-41,58-59H,6,10-12,15-16,21-25H2,1-5H3,(H3,49,50)(H,51,60)(H,52,64)(H,53,67)(H,54,66)(H,55,65)(H,61,62). The van der Waals surface area contributed by atoms with Crippen molar-refractivity contribution < 1.29 is 63.2 Å². The number of phenolic OH excluding ortho intramolecular Hbond substituents is 1. The van der Waals surface area contributed by atoms with E-state index in [9.17, 15) is 53.7 Å². The number of carboxylic acid groups (broad SMARTS) is 1. The number of nitrogens with two attached hydrogens (primary N) is 1. The minimum atomic E-state index is -1.87. The number of phenols is 1. The minimum Gasteiger partial charge on any atom is -0.508 e. The topological polar surface area (TPSA) is 340 Å². The molecule has 22 heteroatoms. The summed E-state index contributed by atoms with van der Waals surface area (Å²) in [5.74, 6) is -8.88. The average molecular weight is 978 g/mol. The summed E-state index contributed by atoms with van der Waals surface area (Å²) in [4.78, 5) is 128. The van der Waals surface area contributed by atoms with E-state index in [1.165, 1.54) is 38.2 Å². The van der Waals surface area contributed by atoms with E-state index in [1.54, 1.807) is 51.1 Å². The van der Waals surface area contributed by atoms with E-state index in [1.807, 2.05) is 0 Å². The lowest BCUT2D eigenvalue weighted by Crippen LogP contribution is -2.64. The highest BCUT2D eigenvalue weighted by molar-refractivity contribution is 6.00. The smallest absolute Gasteiger partial charge is 0.329 e. The first kappa shape index (κ1) is 55.5. The largest absolute Gasteiger partial charge is 0.508 e. The van der Waals surface area contributed by atoms with Crippen molar-refractivity contribution in [2.75, 3.05) is 7.05 Å². The predicted octanol–water partition coefficient (Wildman–Crippen LogP) is 0.746. The fourth-order valence-corrected chi connectivity index (χ4v) is 8.27. The number of aliphatic hydroxyl groups excluding tert-OH is 1. The Labute approximate surface area is 406 Å². The number of urea groups is 1. The monoisotopic (exact) mass is 977 g/mol. The number of likely N-dealkylation sites (N-methyl/N-ethyl adjacent to an activating group) is 1. The zero-order valence-electron chi connectivity index (χ0n) is 40.1. The highest BCUT2D eigenvalue weighted by Gasteiger charge is 2.46. The maximum Gasteiger partial charge on any atom is 0.329 e. The Balaban J connectivity index is 1.89. The number of Topliss-reactive ketones (excluding diaryl/α,β-unsaturated/α-hetero) is 1. The molecule has 22 nitrogen and oxygen atoms in total. The number of ketones is 1. The Bertz CT molecular complexity index is 2210. The van der Waals surface area contributed by atoms with Gasteiger partial charge in [-0.3, -0.25) is 39.0 Å². The van der Waals surface area contributed by atoms with Crippen LogP contribution in [0.4, 0.5) is 4.79 Å². The summed E-state index contributed by atoms with van der Waals surface area (Å²) >= 11 is 0. The number of unbranched alkanes of at least 4 members (excludes halogenated alkanes) is 1. The molecular weight excluding hydrogens is 911 g/mol. The van der Waals surface area contributed by atoms with Gasteiger partial charge in [0.1, 0.15) is 48.1 Å². The average Bonchev–Trinajstić information content (AvgIpc) is 3.30. The first-order valence-electron chi connectivity index (χ1n) is 23.4. The molecule has 1 saturated carbocycles. The van der Waals surface area contributed by atoms with Gasteiger partial charge in [0, 0.05) is 32.9 Å². The number of ether oxygens (including phenoxy) is 1. The Morgan fingerprint density at radius 1 is 0.900 bits per heavy atom. The van der Waals surface area contributed by atoms with Crippen molar-refractivity contribution in [1.82, 2.24) is 36.4 Å². The van der Waals surface area contributed by atoms with Gasteiger partial charge < -0.3 is 62.2 Å². The number of aliphatic hydroxyl groups is 1. The molecule has 9 atom stereocenters. The third-order valence-corrected chi connectivity index (χ3v) is 12.2. The molecule has 4 rings (SSSR count). The van der Waals surface area contributed by atoms with Crippen molar-refractivity contribution in [3.05, 3.63) is 65.7 Å². The SMILES string of the molecule is CCCC(=O)NC(CC(=O)O)C(=O)NC1C(=O)NC(CCCCC(=N)N)C(=O)NC2CCC(O)C(C2=O)N(Cc2ccccc2)C(=O)N(C)C(Cc2ccc(O)cc2)C(=O)NC(C(C)C)C(=O)OC1C. The molecule has 2 aromatic rings. The number of nitrogens with one attached hydrogen (secondary N) is 6. The minimum absolute atomic E-state index is 0.0575. The van der Waals surface area contributed by atoms with Gasteiger partial charge >= 0.3 is 18.0 Å². The van der Waals surface area contributed by atoms with Gasteiger partial charge in [-0.05, 0) is 68.2 Å². The summed E-state index contributed by atoms with van der Waals surface area (Å²) in [5.41, 5.74) is 6.60. The molecule has 7 amide bonds. The van der Waals surface area contributed by atoms with Crippen LogP contribution in [0.1, 0.15) is 96.6 Å². The molecular formula is C48H67N9O13. The summed E-state index contributed by atoms with van der Waals surface area (Å²) in [6.07, 6.45) is -3.45. The fraction of sp³-hybridized carbons (Fsp3) is 0.542. The molecule has 2 fully saturated rings. The maximum absolute atomic E-state index is 15.0. The number of cyclic esters (lactones) is 1. The molecule has 0 spiro atoms. The van der Waals surface area contributed by atoms with Gasteiger partial charge in [0.05, 0.1) is 24.4 Å². The number of fused-ring (bicyclic) bond motifs is 2. The second kappa shape index (κ2) is 26.0. The Hall–Kier alpha value is -7.10. The molecule has 1 heterocycles. The van der Waals surface area contributed by atoms with Crippen LogP contribution in [0.5, 0.6) is 5.75 Å². The van der Waals surface area contributed by atoms with E-state index in [0.717, 1.165) is 9.80 Å². The second-order valence-electron chi connectivity index (χ2n) is 18.1. The van der Waals surface area contributed by atoms with Gasteiger partial charge in [0.2, 0.25) is 29.5 Å². The van der Waals surface area contributed by atoms with Crippen molar-refractivity contribution in [1.29, 1.82) is 5.41 Å². The van der Waals surface area contributed by atoms with E-state index >= 15 is 4.79 Å². The number of benzene rings is 2. The van der Waals surface area contributed by atoms with Crippen LogP contribution >= 0.6 is 0 Å². The molecule has 1 aliphatic carbocycles. The molecule has 1 aliphatic heterocycles. The molecule has 382 valence electrons. The Morgan fingerprint density at radius 2 is 1.57 bits per heavy atom. The van der Waals surface area contributed by atoms with Gasteiger partial charge in [-0.15, -0.1) is 0 Å².